The predicted octanol–water partition coefficient (Wildman–Crippen LogP) is 3.80. The summed E-state index contributed by atoms with van der Waals surface area (Å²) in [6.45, 7) is 7.37. The Labute approximate surface area is 116 Å². The van der Waals surface area contributed by atoms with Crippen LogP contribution in [0.15, 0.2) is 24.3 Å². The maximum absolute atomic E-state index is 9.46. The van der Waals surface area contributed by atoms with Gasteiger partial charge in [-0.1, -0.05) is 45.0 Å². The summed E-state index contributed by atoms with van der Waals surface area (Å²) < 4.78 is 5.93. The molecule has 0 atom stereocenters. The molecule has 0 heterocycles. The van der Waals surface area contributed by atoms with E-state index in [1.807, 2.05) is 0 Å². The third-order valence-electron chi connectivity index (χ3n) is 3.95. The second kappa shape index (κ2) is 6.06. The van der Waals surface area contributed by atoms with Crippen LogP contribution in [0.5, 0.6) is 0 Å². The van der Waals surface area contributed by atoms with Crippen LogP contribution in [0.2, 0.25) is 0 Å². The van der Waals surface area contributed by atoms with Gasteiger partial charge in [-0.15, -0.1) is 0 Å². The van der Waals surface area contributed by atoms with Crippen LogP contribution in [0.25, 0.3) is 0 Å². The molecule has 0 aliphatic heterocycles. The van der Waals surface area contributed by atoms with Gasteiger partial charge in [0.1, 0.15) is 0 Å². The van der Waals surface area contributed by atoms with E-state index in [0.29, 0.717) is 12.7 Å². The monoisotopic (exact) mass is 262 g/mol. The van der Waals surface area contributed by atoms with E-state index in [1.54, 1.807) is 0 Å². The molecule has 0 amide bonds. The van der Waals surface area contributed by atoms with Crippen molar-refractivity contribution in [3.05, 3.63) is 35.4 Å². The van der Waals surface area contributed by atoms with Crippen molar-refractivity contribution >= 4 is 0 Å². The van der Waals surface area contributed by atoms with Crippen LogP contribution in [0.4, 0.5) is 0 Å². The molecule has 1 aliphatic carbocycles. The minimum atomic E-state index is -0.106. The smallest absolute Gasteiger partial charge is 0.0720 e. The molecule has 0 saturated heterocycles. The Bertz CT molecular complexity index is 381. The van der Waals surface area contributed by atoms with Crippen molar-refractivity contribution in [1.29, 1.82) is 0 Å². The van der Waals surface area contributed by atoms with E-state index in [0.717, 1.165) is 25.7 Å². The van der Waals surface area contributed by atoms with Crippen LogP contribution in [0.3, 0.4) is 0 Å². The van der Waals surface area contributed by atoms with Gasteiger partial charge in [0.15, 0.2) is 0 Å². The van der Waals surface area contributed by atoms with Gasteiger partial charge in [-0.05, 0) is 42.2 Å². The molecule has 106 valence electrons. The highest BCUT2D eigenvalue weighted by atomic mass is 16.5. The highest BCUT2D eigenvalue weighted by molar-refractivity contribution is 5.27. The number of rotatable bonds is 3. The van der Waals surface area contributed by atoms with Crippen molar-refractivity contribution in [2.45, 2.75) is 70.7 Å². The SMILES string of the molecule is CC(C)(C)c1ccc(COC2CCC(O)CC2)cc1. The molecule has 0 radical (unpaired) electrons. The van der Waals surface area contributed by atoms with Crippen LogP contribution >= 0.6 is 0 Å². The molecule has 1 aliphatic rings. The fraction of sp³-hybridized carbons (Fsp3) is 0.647. The number of hydrogen-bond acceptors (Lipinski definition) is 2. The summed E-state index contributed by atoms with van der Waals surface area (Å²) in [7, 11) is 0. The first kappa shape index (κ1) is 14.5. The van der Waals surface area contributed by atoms with Gasteiger partial charge in [-0.3, -0.25) is 0 Å². The molecule has 1 fully saturated rings. The van der Waals surface area contributed by atoms with Gasteiger partial charge in [-0.2, -0.15) is 0 Å². The zero-order valence-corrected chi connectivity index (χ0v) is 12.4. The summed E-state index contributed by atoms with van der Waals surface area (Å²) in [5, 5.41) is 9.46. The summed E-state index contributed by atoms with van der Waals surface area (Å²) in [6.07, 6.45) is 3.96. The maximum Gasteiger partial charge on any atom is 0.0720 e. The predicted molar refractivity (Wildman–Crippen MR) is 78.2 cm³/mol. The van der Waals surface area contributed by atoms with Crippen LogP contribution < -0.4 is 0 Å². The van der Waals surface area contributed by atoms with Gasteiger partial charge in [0.2, 0.25) is 0 Å². The zero-order valence-electron chi connectivity index (χ0n) is 12.4. The summed E-state index contributed by atoms with van der Waals surface area (Å²) in [5.41, 5.74) is 2.80. The van der Waals surface area contributed by atoms with E-state index in [2.05, 4.69) is 45.0 Å². The molecule has 1 aromatic carbocycles. The van der Waals surface area contributed by atoms with E-state index >= 15 is 0 Å². The molecule has 0 unspecified atom stereocenters. The van der Waals surface area contributed by atoms with Crippen molar-refractivity contribution < 1.29 is 9.84 Å². The number of hydrogen-bond donors (Lipinski definition) is 1. The molecule has 0 spiro atoms. The van der Waals surface area contributed by atoms with E-state index < -0.39 is 0 Å². The first-order valence-electron chi connectivity index (χ1n) is 7.34. The minimum Gasteiger partial charge on any atom is -0.393 e. The first-order chi connectivity index (χ1) is 8.95. The molecule has 2 rings (SSSR count). The zero-order chi connectivity index (χ0) is 13.9. The molecule has 0 bridgehead atoms. The molecule has 19 heavy (non-hydrogen) atoms. The van der Waals surface area contributed by atoms with Crippen LogP contribution in [-0.4, -0.2) is 17.3 Å². The lowest BCUT2D eigenvalue weighted by Crippen LogP contribution is -2.24. The van der Waals surface area contributed by atoms with Gasteiger partial charge >= 0.3 is 0 Å². The third kappa shape index (κ3) is 4.32. The Morgan fingerprint density at radius 1 is 1.05 bits per heavy atom. The lowest BCUT2D eigenvalue weighted by molar-refractivity contribution is -0.0118. The Morgan fingerprint density at radius 3 is 2.16 bits per heavy atom. The average molecular weight is 262 g/mol. The van der Waals surface area contributed by atoms with Crippen molar-refractivity contribution in [3.8, 4) is 0 Å². The van der Waals surface area contributed by atoms with Crippen molar-refractivity contribution in [3.63, 3.8) is 0 Å². The topological polar surface area (TPSA) is 29.5 Å². The lowest BCUT2D eigenvalue weighted by atomic mass is 9.87. The molecular formula is C17H26O2. The average Bonchev–Trinajstić information content (AvgIpc) is 2.37. The Morgan fingerprint density at radius 2 is 1.63 bits per heavy atom. The van der Waals surface area contributed by atoms with E-state index in [9.17, 15) is 5.11 Å². The van der Waals surface area contributed by atoms with Gasteiger partial charge in [0, 0.05) is 0 Å². The maximum atomic E-state index is 9.46. The van der Waals surface area contributed by atoms with Crippen LogP contribution in [0.1, 0.15) is 57.6 Å². The molecule has 1 aromatic rings. The van der Waals surface area contributed by atoms with Crippen molar-refractivity contribution in [1.82, 2.24) is 0 Å². The number of aliphatic hydroxyl groups is 1. The molecular weight excluding hydrogens is 236 g/mol. The Hall–Kier alpha value is -0.860. The molecule has 0 aromatic heterocycles. The van der Waals surface area contributed by atoms with Gasteiger partial charge in [0.25, 0.3) is 0 Å². The third-order valence-corrected chi connectivity index (χ3v) is 3.95. The summed E-state index contributed by atoms with van der Waals surface area (Å²) >= 11 is 0. The van der Waals surface area contributed by atoms with Crippen molar-refractivity contribution in [2.24, 2.45) is 0 Å². The fourth-order valence-electron chi connectivity index (χ4n) is 2.53. The molecule has 1 saturated carbocycles. The first-order valence-corrected chi connectivity index (χ1v) is 7.34. The second-order valence-corrected chi connectivity index (χ2v) is 6.69. The van der Waals surface area contributed by atoms with Gasteiger partial charge < -0.3 is 9.84 Å². The van der Waals surface area contributed by atoms with E-state index in [-0.39, 0.29) is 11.5 Å². The summed E-state index contributed by atoms with van der Waals surface area (Å²) in [6, 6.07) is 8.73. The molecule has 1 N–H and O–H groups in total. The van der Waals surface area contributed by atoms with Crippen molar-refractivity contribution in [2.75, 3.05) is 0 Å². The minimum absolute atomic E-state index is 0.106. The van der Waals surface area contributed by atoms with Crippen LogP contribution in [0, 0.1) is 0 Å². The normalized spacial score (nSPS) is 24.4. The summed E-state index contributed by atoms with van der Waals surface area (Å²) in [4.78, 5) is 0. The quantitative estimate of drug-likeness (QED) is 0.897. The second-order valence-electron chi connectivity index (χ2n) is 6.69. The Balaban J connectivity index is 1.83. The molecule has 2 nitrogen and oxygen atoms in total. The largest absolute Gasteiger partial charge is 0.393 e. The number of benzene rings is 1. The summed E-state index contributed by atoms with van der Waals surface area (Å²) in [5.74, 6) is 0. The lowest BCUT2D eigenvalue weighted by Gasteiger charge is -2.25. The molecule has 2 heteroatoms. The number of ether oxygens (including phenoxy) is 1. The highest BCUT2D eigenvalue weighted by Gasteiger charge is 2.19. The fourth-order valence-corrected chi connectivity index (χ4v) is 2.53. The van der Waals surface area contributed by atoms with Gasteiger partial charge in [-0.25, -0.2) is 0 Å². The number of aliphatic hydroxyl groups excluding tert-OH is 1. The standard InChI is InChI=1S/C17H26O2/c1-17(2,3)14-6-4-13(5-7-14)12-19-16-10-8-15(18)9-11-16/h4-7,15-16,18H,8-12H2,1-3H3. The van der Waals surface area contributed by atoms with E-state index in [1.165, 1.54) is 11.1 Å². The van der Waals surface area contributed by atoms with Gasteiger partial charge in [0.05, 0.1) is 18.8 Å². The van der Waals surface area contributed by atoms with Crippen LogP contribution in [-0.2, 0) is 16.8 Å². The highest BCUT2D eigenvalue weighted by Crippen LogP contribution is 2.24. The Kier molecular flexibility index (Phi) is 4.64. The van der Waals surface area contributed by atoms with E-state index in [4.69, 9.17) is 4.74 Å².